The number of methoxy groups -OCH3 is 1. The molecule has 6 heteroatoms. The first-order valence-corrected chi connectivity index (χ1v) is 4.10. The van der Waals surface area contributed by atoms with Crippen molar-refractivity contribution in [2.24, 2.45) is 0 Å². The summed E-state index contributed by atoms with van der Waals surface area (Å²) in [7, 11) is 1.28. The first kappa shape index (κ1) is 11.0. The largest absolute Gasteiger partial charge is 0.504 e. The van der Waals surface area contributed by atoms with E-state index in [4.69, 9.17) is 21.5 Å². The Kier molecular flexibility index (Phi) is 3.51. The number of hydrogen-bond acceptors (Lipinski definition) is 4. The quantitative estimate of drug-likeness (QED) is 0.680. The summed E-state index contributed by atoms with van der Waals surface area (Å²) >= 11 is 5.48. The van der Waals surface area contributed by atoms with Crippen LogP contribution in [0.1, 0.15) is 5.56 Å². The highest BCUT2D eigenvalue weighted by Crippen LogP contribution is 2.36. The summed E-state index contributed by atoms with van der Waals surface area (Å²) in [6, 6.07) is 1.04. The Morgan fingerprint density at radius 3 is 2.79 bits per heavy atom. The smallest absolute Gasteiger partial charge is 0.168 e. The van der Waals surface area contributed by atoms with Crippen molar-refractivity contribution in [2.75, 3.05) is 7.11 Å². The molecule has 0 bridgehead atoms. The number of phenols is 1. The van der Waals surface area contributed by atoms with Crippen molar-refractivity contribution in [2.45, 2.75) is 6.54 Å². The molecule has 0 aromatic heterocycles. The van der Waals surface area contributed by atoms with Crippen molar-refractivity contribution in [3.63, 3.8) is 0 Å². The van der Waals surface area contributed by atoms with E-state index in [2.05, 4.69) is 0 Å². The average Bonchev–Trinajstić information content (AvgIpc) is 2.14. The van der Waals surface area contributed by atoms with Gasteiger partial charge in [0.25, 0.3) is 0 Å². The van der Waals surface area contributed by atoms with E-state index in [-0.39, 0.29) is 28.6 Å². The number of hydroxylamine groups is 1. The third kappa shape index (κ3) is 1.89. The molecule has 3 N–H and O–H groups in total. The van der Waals surface area contributed by atoms with Gasteiger partial charge in [-0.05, 0) is 0 Å². The standard InChI is InChI=1S/C8H9ClFNO3/c1-14-8-4(3-11-13)7(10)5(9)2-6(8)12/h2,11-13H,3H2,1H3. The minimum Gasteiger partial charge on any atom is -0.504 e. The number of benzene rings is 1. The molecule has 0 saturated carbocycles. The zero-order valence-corrected chi connectivity index (χ0v) is 8.10. The molecule has 0 heterocycles. The molecule has 0 atom stereocenters. The van der Waals surface area contributed by atoms with Gasteiger partial charge in [-0.15, -0.1) is 0 Å². The van der Waals surface area contributed by atoms with Crippen molar-refractivity contribution < 1.29 is 19.4 Å². The fourth-order valence-corrected chi connectivity index (χ4v) is 1.33. The molecule has 0 aliphatic rings. The van der Waals surface area contributed by atoms with Gasteiger partial charge in [0.15, 0.2) is 11.5 Å². The van der Waals surface area contributed by atoms with Crippen LogP contribution in [0.4, 0.5) is 4.39 Å². The lowest BCUT2D eigenvalue weighted by molar-refractivity contribution is 0.158. The Morgan fingerprint density at radius 1 is 1.64 bits per heavy atom. The van der Waals surface area contributed by atoms with Gasteiger partial charge in [0.1, 0.15) is 5.82 Å². The Balaban J connectivity index is 3.32. The molecule has 0 amide bonds. The zero-order chi connectivity index (χ0) is 10.7. The maximum absolute atomic E-state index is 13.3. The van der Waals surface area contributed by atoms with E-state index in [1.807, 2.05) is 0 Å². The van der Waals surface area contributed by atoms with E-state index in [1.54, 1.807) is 5.48 Å². The minimum absolute atomic E-state index is 0.0278. The van der Waals surface area contributed by atoms with Gasteiger partial charge < -0.3 is 15.1 Å². The third-order valence-corrected chi connectivity index (χ3v) is 1.98. The van der Waals surface area contributed by atoms with Crippen LogP contribution in [0.15, 0.2) is 6.07 Å². The van der Waals surface area contributed by atoms with E-state index in [9.17, 15) is 9.50 Å². The van der Waals surface area contributed by atoms with Crippen molar-refractivity contribution in [1.82, 2.24) is 5.48 Å². The molecule has 0 saturated heterocycles. The van der Waals surface area contributed by atoms with Crippen LogP contribution in [0.3, 0.4) is 0 Å². The fourth-order valence-electron chi connectivity index (χ4n) is 1.11. The second-order valence-corrected chi connectivity index (χ2v) is 2.95. The fraction of sp³-hybridized carbons (Fsp3) is 0.250. The number of halogens is 2. The molecule has 0 aliphatic heterocycles. The molecular weight excluding hydrogens is 213 g/mol. The molecule has 14 heavy (non-hydrogen) atoms. The van der Waals surface area contributed by atoms with Gasteiger partial charge in [-0.2, -0.15) is 0 Å². The van der Waals surface area contributed by atoms with Crippen molar-refractivity contribution in [1.29, 1.82) is 0 Å². The zero-order valence-electron chi connectivity index (χ0n) is 7.34. The minimum atomic E-state index is -0.733. The van der Waals surface area contributed by atoms with Crippen LogP contribution < -0.4 is 10.2 Å². The summed E-state index contributed by atoms with van der Waals surface area (Å²) in [6.07, 6.45) is 0. The number of ether oxygens (including phenoxy) is 1. The highest BCUT2D eigenvalue weighted by Gasteiger charge is 2.17. The van der Waals surface area contributed by atoms with E-state index in [0.29, 0.717) is 0 Å². The molecule has 1 rings (SSSR count). The van der Waals surface area contributed by atoms with Crippen LogP contribution in [-0.4, -0.2) is 17.4 Å². The third-order valence-electron chi connectivity index (χ3n) is 1.70. The van der Waals surface area contributed by atoms with Crippen molar-refractivity contribution in [3.05, 3.63) is 22.5 Å². The van der Waals surface area contributed by atoms with Gasteiger partial charge in [0.2, 0.25) is 0 Å². The first-order chi connectivity index (χ1) is 6.61. The van der Waals surface area contributed by atoms with Crippen LogP contribution in [0, 0.1) is 5.82 Å². The summed E-state index contributed by atoms with van der Waals surface area (Å²) < 4.78 is 18.1. The Morgan fingerprint density at radius 2 is 2.29 bits per heavy atom. The topological polar surface area (TPSA) is 61.7 Å². The van der Waals surface area contributed by atoms with Gasteiger partial charge in [0, 0.05) is 6.07 Å². The summed E-state index contributed by atoms with van der Waals surface area (Å²) in [5, 5.41) is 17.6. The molecule has 0 radical (unpaired) electrons. The highest BCUT2D eigenvalue weighted by atomic mass is 35.5. The normalized spacial score (nSPS) is 10.3. The van der Waals surface area contributed by atoms with Crippen molar-refractivity contribution >= 4 is 11.6 Å². The average molecular weight is 222 g/mol. The molecule has 0 spiro atoms. The van der Waals surface area contributed by atoms with Gasteiger partial charge >= 0.3 is 0 Å². The van der Waals surface area contributed by atoms with Gasteiger partial charge in [-0.3, -0.25) is 0 Å². The van der Waals surface area contributed by atoms with Crippen LogP contribution in [0.25, 0.3) is 0 Å². The molecule has 4 nitrogen and oxygen atoms in total. The van der Waals surface area contributed by atoms with Crippen LogP contribution in [0.5, 0.6) is 11.5 Å². The van der Waals surface area contributed by atoms with E-state index >= 15 is 0 Å². The monoisotopic (exact) mass is 221 g/mol. The number of phenolic OH excluding ortho intramolecular Hbond substituents is 1. The van der Waals surface area contributed by atoms with E-state index in [1.165, 1.54) is 7.11 Å². The Hall–Kier alpha value is -1.04. The Bertz CT molecular complexity index is 346. The van der Waals surface area contributed by atoms with Crippen LogP contribution in [0.2, 0.25) is 5.02 Å². The molecule has 0 aliphatic carbocycles. The molecule has 1 aromatic carbocycles. The maximum Gasteiger partial charge on any atom is 0.168 e. The number of aromatic hydroxyl groups is 1. The van der Waals surface area contributed by atoms with Crippen molar-refractivity contribution in [3.8, 4) is 11.5 Å². The lowest BCUT2D eigenvalue weighted by atomic mass is 10.1. The predicted molar refractivity (Wildman–Crippen MR) is 48.3 cm³/mol. The van der Waals surface area contributed by atoms with Gasteiger partial charge in [-0.1, -0.05) is 11.6 Å². The molecule has 0 unspecified atom stereocenters. The predicted octanol–water partition coefficient (Wildman–Crippen LogP) is 1.67. The molecule has 78 valence electrons. The Labute approximate surface area is 84.8 Å². The van der Waals surface area contributed by atoms with Gasteiger partial charge in [-0.25, -0.2) is 9.87 Å². The molecular formula is C8H9ClFNO3. The molecule has 0 fully saturated rings. The van der Waals surface area contributed by atoms with Crippen LogP contribution in [-0.2, 0) is 6.54 Å². The number of rotatable bonds is 3. The van der Waals surface area contributed by atoms with Gasteiger partial charge in [0.05, 0.1) is 24.2 Å². The molecule has 1 aromatic rings. The second-order valence-electron chi connectivity index (χ2n) is 2.54. The number of hydrogen-bond donors (Lipinski definition) is 3. The second kappa shape index (κ2) is 4.45. The summed E-state index contributed by atoms with van der Waals surface area (Å²) in [5.41, 5.74) is 1.74. The van der Waals surface area contributed by atoms with Crippen LogP contribution >= 0.6 is 11.6 Å². The summed E-state index contributed by atoms with van der Waals surface area (Å²) in [6.45, 7) is -0.205. The maximum atomic E-state index is 13.3. The lowest BCUT2D eigenvalue weighted by Crippen LogP contribution is -2.10. The van der Waals surface area contributed by atoms with E-state index in [0.717, 1.165) is 6.07 Å². The summed E-state index contributed by atoms with van der Waals surface area (Å²) in [5.74, 6) is -1.06. The first-order valence-electron chi connectivity index (χ1n) is 3.72. The summed E-state index contributed by atoms with van der Waals surface area (Å²) in [4.78, 5) is 0. The lowest BCUT2D eigenvalue weighted by Gasteiger charge is -2.11. The van der Waals surface area contributed by atoms with E-state index < -0.39 is 5.82 Å². The SMILES string of the molecule is COc1c(O)cc(Cl)c(F)c1CNO. The number of nitrogens with one attached hydrogen (secondary N) is 1. The highest BCUT2D eigenvalue weighted by molar-refractivity contribution is 6.31.